The summed E-state index contributed by atoms with van der Waals surface area (Å²) in [6.07, 6.45) is -2.10. The highest BCUT2D eigenvalue weighted by molar-refractivity contribution is 5.85. The van der Waals surface area contributed by atoms with E-state index < -0.39 is 12.1 Å². The lowest BCUT2D eigenvalue weighted by Gasteiger charge is -2.30. The molecule has 0 bridgehead atoms. The maximum atomic E-state index is 12.5. The molecular weight excluding hydrogens is 281 g/mol. The topological polar surface area (TPSA) is 41.1 Å². The van der Waals surface area contributed by atoms with E-state index in [0.717, 1.165) is 13.0 Å². The van der Waals surface area contributed by atoms with Crippen molar-refractivity contribution in [3.05, 3.63) is 0 Å². The van der Waals surface area contributed by atoms with Gasteiger partial charge in [0.25, 0.3) is 0 Å². The van der Waals surface area contributed by atoms with Gasteiger partial charge < -0.3 is 10.6 Å². The van der Waals surface area contributed by atoms with Crippen molar-refractivity contribution in [1.29, 1.82) is 0 Å². The van der Waals surface area contributed by atoms with E-state index in [1.807, 2.05) is 0 Å². The van der Waals surface area contributed by atoms with E-state index in [1.165, 1.54) is 0 Å². The fourth-order valence-electron chi connectivity index (χ4n) is 2.76. The summed E-state index contributed by atoms with van der Waals surface area (Å²) in [4.78, 5) is 11.8. The Balaban J connectivity index is 0.00000180. The molecule has 7 heteroatoms. The van der Waals surface area contributed by atoms with Crippen LogP contribution in [0.3, 0.4) is 0 Å². The first-order valence-corrected chi connectivity index (χ1v) is 6.54. The van der Waals surface area contributed by atoms with Crippen LogP contribution >= 0.6 is 12.4 Å². The van der Waals surface area contributed by atoms with Crippen molar-refractivity contribution >= 4 is 18.3 Å². The molecule has 1 aliphatic carbocycles. The Hall–Kier alpha value is -0.490. The van der Waals surface area contributed by atoms with Gasteiger partial charge in [-0.05, 0) is 38.6 Å². The lowest BCUT2D eigenvalue weighted by molar-refractivity contribution is -0.182. The molecule has 2 fully saturated rings. The van der Waals surface area contributed by atoms with E-state index in [1.54, 1.807) is 0 Å². The maximum Gasteiger partial charge on any atom is 0.391 e. The van der Waals surface area contributed by atoms with Gasteiger partial charge in [0, 0.05) is 12.6 Å². The van der Waals surface area contributed by atoms with Crippen LogP contribution in [-0.2, 0) is 4.79 Å². The van der Waals surface area contributed by atoms with Crippen molar-refractivity contribution in [3.8, 4) is 0 Å². The zero-order valence-electron chi connectivity index (χ0n) is 10.6. The van der Waals surface area contributed by atoms with Gasteiger partial charge >= 0.3 is 6.18 Å². The first kappa shape index (κ1) is 16.6. The van der Waals surface area contributed by atoms with Crippen molar-refractivity contribution < 1.29 is 18.0 Å². The summed E-state index contributed by atoms with van der Waals surface area (Å²) in [5.41, 5.74) is 0. The van der Waals surface area contributed by atoms with Gasteiger partial charge in [-0.25, -0.2) is 0 Å². The van der Waals surface area contributed by atoms with E-state index in [9.17, 15) is 18.0 Å². The molecule has 0 spiro atoms. The molecule has 2 rings (SSSR count). The molecule has 2 aliphatic rings. The molecule has 1 unspecified atom stereocenters. The normalized spacial score (nSPS) is 31.6. The molecular formula is C12H20ClF3N2O. The van der Waals surface area contributed by atoms with Crippen LogP contribution in [0.15, 0.2) is 0 Å². The van der Waals surface area contributed by atoms with E-state index >= 15 is 0 Å². The van der Waals surface area contributed by atoms with Crippen LogP contribution in [0.4, 0.5) is 13.2 Å². The zero-order valence-corrected chi connectivity index (χ0v) is 11.4. The number of amides is 1. The smallest absolute Gasteiger partial charge is 0.353 e. The lowest BCUT2D eigenvalue weighted by atomic mass is 9.85. The second-order valence-electron chi connectivity index (χ2n) is 5.29. The number of carbonyl (C=O) groups excluding carboxylic acids is 1. The summed E-state index contributed by atoms with van der Waals surface area (Å²) < 4.78 is 37.4. The third-order valence-electron chi connectivity index (χ3n) is 3.97. The Morgan fingerprint density at radius 2 is 1.74 bits per heavy atom. The third-order valence-corrected chi connectivity index (χ3v) is 3.97. The second-order valence-corrected chi connectivity index (χ2v) is 5.29. The molecule has 2 N–H and O–H groups in total. The molecule has 112 valence electrons. The van der Waals surface area contributed by atoms with Crippen LogP contribution in [0.1, 0.15) is 32.1 Å². The first-order valence-electron chi connectivity index (χ1n) is 6.54. The number of alkyl halides is 3. The van der Waals surface area contributed by atoms with Crippen molar-refractivity contribution in [2.75, 3.05) is 13.1 Å². The Bertz CT molecular complexity index is 298. The second kappa shape index (κ2) is 6.79. The van der Waals surface area contributed by atoms with Gasteiger partial charge in [0.2, 0.25) is 5.91 Å². The number of hydrogen-bond donors (Lipinski definition) is 2. The van der Waals surface area contributed by atoms with Crippen molar-refractivity contribution in [1.82, 2.24) is 10.6 Å². The monoisotopic (exact) mass is 300 g/mol. The minimum absolute atomic E-state index is 0. The van der Waals surface area contributed by atoms with Crippen LogP contribution in [0.2, 0.25) is 0 Å². The molecule has 19 heavy (non-hydrogen) atoms. The highest BCUT2D eigenvalue weighted by Gasteiger charge is 2.41. The SMILES string of the molecule is Cl.O=C(NC1CCC(C(F)(F)F)CC1)C1CCNC1. The van der Waals surface area contributed by atoms with Gasteiger partial charge in [-0.3, -0.25) is 4.79 Å². The quantitative estimate of drug-likeness (QED) is 0.821. The van der Waals surface area contributed by atoms with Gasteiger partial charge in [-0.15, -0.1) is 12.4 Å². The molecule has 1 amide bonds. The maximum absolute atomic E-state index is 12.5. The van der Waals surface area contributed by atoms with Crippen LogP contribution < -0.4 is 10.6 Å². The van der Waals surface area contributed by atoms with Crippen LogP contribution in [0.25, 0.3) is 0 Å². The highest BCUT2D eigenvalue weighted by Crippen LogP contribution is 2.37. The molecule has 1 saturated carbocycles. The standard InChI is InChI=1S/C12H19F3N2O.ClH/c13-12(14,15)9-1-3-10(4-2-9)17-11(18)8-5-6-16-7-8;/h8-10,16H,1-7H2,(H,17,18);1H. The van der Waals surface area contributed by atoms with Gasteiger partial charge in [0.15, 0.2) is 0 Å². The average molecular weight is 301 g/mol. The molecule has 0 aromatic rings. The first-order chi connectivity index (χ1) is 8.47. The fourth-order valence-corrected chi connectivity index (χ4v) is 2.76. The zero-order chi connectivity index (χ0) is 13.2. The minimum Gasteiger partial charge on any atom is -0.353 e. The average Bonchev–Trinajstić information content (AvgIpc) is 2.82. The molecule has 1 atom stereocenters. The number of rotatable bonds is 2. The molecule has 1 saturated heterocycles. The number of hydrogen-bond acceptors (Lipinski definition) is 2. The minimum atomic E-state index is -4.08. The highest BCUT2D eigenvalue weighted by atomic mass is 35.5. The Morgan fingerprint density at radius 1 is 1.11 bits per heavy atom. The van der Waals surface area contributed by atoms with Crippen molar-refractivity contribution in [2.45, 2.75) is 44.3 Å². The Morgan fingerprint density at radius 3 is 2.21 bits per heavy atom. The van der Waals surface area contributed by atoms with E-state index in [4.69, 9.17) is 0 Å². The predicted molar refractivity (Wildman–Crippen MR) is 68.2 cm³/mol. The van der Waals surface area contributed by atoms with Gasteiger partial charge in [-0.1, -0.05) is 0 Å². The van der Waals surface area contributed by atoms with Crippen LogP contribution in [0, 0.1) is 11.8 Å². The van der Waals surface area contributed by atoms with Gasteiger partial charge in [0.1, 0.15) is 0 Å². The summed E-state index contributed by atoms with van der Waals surface area (Å²) in [5.74, 6) is -1.19. The summed E-state index contributed by atoms with van der Waals surface area (Å²) in [6, 6.07) is -0.0725. The molecule has 0 aromatic carbocycles. The van der Waals surface area contributed by atoms with E-state index in [-0.39, 0.29) is 43.1 Å². The van der Waals surface area contributed by atoms with Crippen molar-refractivity contribution in [3.63, 3.8) is 0 Å². The molecule has 0 radical (unpaired) electrons. The largest absolute Gasteiger partial charge is 0.391 e. The van der Waals surface area contributed by atoms with Crippen LogP contribution in [0.5, 0.6) is 0 Å². The number of halogens is 4. The molecule has 1 aliphatic heterocycles. The summed E-state index contributed by atoms with van der Waals surface area (Å²) in [7, 11) is 0. The van der Waals surface area contributed by atoms with Crippen LogP contribution in [-0.4, -0.2) is 31.2 Å². The summed E-state index contributed by atoms with van der Waals surface area (Å²) in [6.45, 7) is 1.53. The van der Waals surface area contributed by atoms with Crippen molar-refractivity contribution in [2.24, 2.45) is 11.8 Å². The molecule has 1 heterocycles. The summed E-state index contributed by atoms with van der Waals surface area (Å²) in [5, 5.41) is 5.99. The number of carbonyl (C=O) groups is 1. The lowest BCUT2D eigenvalue weighted by Crippen LogP contribution is -2.42. The van der Waals surface area contributed by atoms with Gasteiger partial charge in [-0.2, -0.15) is 13.2 Å². The predicted octanol–water partition coefficient (Wildman–Crippen LogP) is 2.25. The Kier molecular flexibility index (Phi) is 5.92. The third kappa shape index (κ3) is 4.53. The number of nitrogens with one attached hydrogen (secondary N) is 2. The molecule has 0 aromatic heterocycles. The Labute approximate surface area is 117 Å². The van der Waals surface area contributed by atoms with E-state index in [0.29, 0.717) is 19.4 Å². The van der Waals surface area contributed by atoms with E-state index in [2.05, 4.69) is 10.6 Å². The van der Waals surface area contributed by atoms with Gasteiger partial charge in [0.05, 0.1) is 11.8 Å². The fraction of sp³-hybridized carbons (Fsp3) is 0.917. The summed E-state index contributed by atoms with van der Waals surface area (Å²) >= 11 is 0. The molecule has 3 nitrogen and oxygen atoms in total.